The van der Waals surface area contributed by atoms with Gasteiger partial charge in [-0.25, -0.2) is 0 Å². The normalized spacial score (nSPS) is 12.0. The van der Waals surface area contributed by atoms with Gasteiger partial charge in [-0.3, -0.25) is 0 Å². The molecule has 0 heterocycles. The van der Waals surface area contributed by atoms with E-state index in [9.17, 15) is 0 Å². The van der Waals surface area contributed by atoms with Gasteiger partial charge >= 0.3 is 0 Å². The molecule has 2 aromatic rings. The summed E-state index contributed by atoms with van der Waals surface area (Å²) < 4.78 is 11.6. The monoisotopic (exact) mass is 299 g/mol. The molecule has 0 spiro atoms. The number of aryl methyl sites for hydroxylation is 1. The van der Waals surface area contributed by atoms with Crippen molar-refractivity contribution in [2.45, 2.75) is 39.9 Å². The maximum absolute atomic E-state index is 5.96. The van der Waals surface area contributed by atoms with Crippen LogP contribution in [-0.4, -0.2) is 18.8 Å². The lowest BCUT2D eigenvalue weighted by Gasteiger charge is -2.18. The summed E-state index contributed by atoms with van der Waals surface area (Å²) in [6.45, 7) is 8.92. The van der Waals surface area contributed by atoms with Crippen LogP contribution >= 0.6 is 0 Å². The Hall–Kier alpha value is -2.16. The number of rotatable bonds is 7. The third-order valence-corrected chi connectivity index (χ3v) is 3.24. The van der Waals surface area contributed by atoms with Crippen molar-refractivity contribution in [3.8, 4) is 11.5 Å². The molecule has 1 atom stereocenters. The summed E-state index contributed by atoms with van der Waals surface area (Å²) in [5.41, 5.74) is 2.22. The van der Waals surface area contributed by atoms with Gasteiger partial charge in [-0.2, -0.15) is 0 Å². The fraction of sp³-hybridized carbons (Fsp3) is 0.368. The molecule has 0 aromatic heterocycles. The molecule has 0 fully saturated rings. The van der Waals surface area contributed by atoms with E-state index in [0.717, 1.165) is 29.3 Å². The highest BCUT2D eigenvalue weighted by atomic mass is 16.5. The van der Waals surface area contributed by atoms with Gasteiger partial charge in [0.1, 0.15) is 17.6 Å². The lowest BCUT2D eigenvalue weighted by Crippen LogP contribution is -2.23. The second-order valence-corrected chi connectivity index (χ2v) is 5.77. The fourth-order valence-corrected chi connectivity index (χ4v) is 2.13. The van der Waals surface area contributed by atoms with Gasteiger partial charge in [0, 0.05) is 5.69 Å². The lowest BCUT2D eigenvalue weighted by atomic mass is 10.2. The number of hydrogen-bond acceptors (Lipinski definition) is 3. The second kappa shape index (κ2) is 7.74. The SMILES string of the molecule is Cc1ccccc1OC(C)CNc1ccc(OC(C)C)cc1. The predicted molar refractivity (Wildman–Crippen MR) is 92.0 cm³/mol. The first kappa shape index (κ1) is 16.2. The topological polar surface area (TPSA) is 30.5 Å². The smallest absolute Gasteiger partial charge is 0.122 e. The van der Waals surface area contributed by atoms with Crippen molar-refractivity contribution in [3.05, 3.63) is 54.1 Å². The van der Waals surface area contributed by atoms with Gasteiger partial charge in [0.2, 0.25) is 0 Å². The van der Waals surface area contributed by atoms with Gasteiger partial charge in [-0.1, -0.05) is 18.2 Å². The molecule has 22 heavy (non-hydrogen) atoms. The maximum atomic E-state index is 5.96. The van der Waals surface area contributed by atoms with E-state index in [0.29, 0.717) is 0 Å². The maximum Gasteiger partial charge on any atom is 0.122 e. The van der Waals surface area contributed by atoms with Crippen LogP contribution in [0.3, 0.4) is 0 Å². The number of benzene rings is 2. The number of ether oxygens (including phenoxy) is 2. The van der Waals surface area contributed by atoms with Crippen LogP contribution in [0.2, 0.25) is 0 Å². The van der Waals surface area contributed by atoms with Gasteiger partial charge in [0.05, 0.1) is 12.6 Å². The van der Waals surface area contributed by atoms with E-state index in [1.165, 1.54) is 0 Å². The van der Waals surface area contributed by atoms with Crippen LogP contribution in [0.5, 0.6) is 11.5 Å². The van der Waals surface area contributed by atoms with Crippen molar-refractivity contribution in [2.24, 2.45) is 0 Å². The Bertz CT molecular complexity index is 578. The Morgan fingerprint density at radius 3 is 2.23 bits per heavy atom. The van der Waals surface area contributed by atoms with Gasteiger partial charge in [0.25, 0.3) is 0 Å². The average molecular weight is 299 g/mol. The van der Waals surface area contributed by atoms with E-state index in [1.54, 1.807) is 0 Å². The van der Waals surface area contributed by atoms with Crippen molar-refractivity contribution in [1.82, 2.24) is 0 Å². The van der Waals surface area contributed by atoms with Gasteiger partial charge in [-0.05, 0) is 63.6 Å². The van der Waals surface area contributed by atoms with Crippen molar-refractivity contribution < 1.29 is 9.47 Å². The molecule has 0 amide bonds. The van der Waals surface area contributed by atoms with Gasteiger partial charge in [0.15, 0.2) is 0 Å². The Balaban J connectivity index is 1.83. The number of nitrogens with one attached hydrogen (secondary N) is 1. The Labute approximate surface area is 133 Å². The first-order chi connectivity index (χ1) is 10.5. The molecule has 0 aliphatic rings. The van der Waals surface area contributed by atoms with Gasteiger partial charge < -0.3 is 14.8 Å². The molecular weight excluding hydrogens is 274 g/mol. The predicted octanol–water partition coefficient (Wildman–Crippen LogP) is 4.66. The largest absolute Gasteiger partial charge is 0.491 e. The highest BCUT2D eigenvalue weighted by Gasteiger charge is 2.06. The molecule has 0 aliphatic carbocycles. The molecule has 0 saturated carbocycles. The molecule has 2 aromatic carbocycles. The molecule has 1 unspecified atom stereocenters. The molecule has 3 heteroatoms. The minimum atomic E-state index is 0.0905. The van der Waals surface area contributed by atoms with Crippen molar-refractivity contribution >= 4 is 5.69 Å². The molecule has 2 rings (SSSR count). The summed E-state index contributed by atoms with van der Waals surface area (Å²) in [4.78, 5) is 0. The molecule has 0 radical (unpaired) electrons. The zero-order valence-corrected chi connectivity index (χ0v) is 13.8. The quantitative estimate of drug-likeness (QED) is 0.806. The first-order valence-electron chi connectivity index (χ1n) is 7.77. The van der Waals surface area contributed by atoms with Crippen LogP contribution in [0.1, 0.15) is 26.3 Å². The summed E-state index contributed by atoms with van der Waals surface area (Å²) >= 11 is 0. The van der Waals surface area contributed by atoms with Crippen LogP contribution in [0.15, 0.2) is 48.5 Å². The van der Waals surface area contributed by atoms with Crippen LogP contribution in [0.4, 0.5) is 5.69 Å². The highest BCUT2D eigenvalue weighted by Crippen LogP contribution is 2.19. The summed E-state index contributed by atoms with van der Waals surface area (Å²) in [6, 6.07) is 16.1. The van der Waals surface area contributed by atoms with E-state index in [4.69, 9.17) is 9.47 Å². The molecular formula is C19H25NO2. The van der Waals surface area contributed by atoms with Crippen LogP contribution in [0, 0.1) is 6.92 Å². The van der Waals surface area contributed by atoms with E-state index < -0.39 is 0 Å². The zero-order valence-electron chi connectivity index (χ0n) is 13.8. The second-order valence-electron chi connectivity index (χ2n) is 5.77. The third kappa shape index (κ3) is 4.99. The zero-order chi connectivity index (χ0) is 15.9. The molecule has 0 saturated heterocycles. The van der Waals surface area contributed by atoms with E-state index >= 15 is 0 Å². The molecule has 0 aliphatic heterocycles. The Morgan fingerprint density at radius 1 is 0.909 bits per heavy atom. The summed E-state index contributed by atoms with van der Waals surface area (Å²) in [5.74, 6) is 1.84. The van der Waals surface area contributed by atoms with Crippen molar-refractivity contribution in [2.75, 3.05) is 11.9 Å². The highest BCUT2D eigenvalue weighted by molar-refractivity contribution is 5.46. The fourth-order valence-electron chi connectivity index (χ4n) is 2.13. The van der Waals surface area contributed by atoms with Crippen LogP contribution in [-0.2, 0) is 0 Å². The number of hydrogen-bond donors (Lipinski definition) is 1. The molecule has 3 nitrogen and oxygen atoms in total. The minimum absolute atomic E-state index is 0.0905. The average Bonchev–Trinajstić information content (AvgIpc) is 2.48. The first-order valence-corrected chi connectivity index (χ1v) is 7.77. The number of anilines is 1. The summed E-state index contributed by atoms with van der Waals surface area (Å²) in [7, 11) is 0. The van der Waals surface area contributed by atoms with Crippen molar-refractivity contribution in [3.63, 3.8) is 0 Å². The standard InChI is InChI=1S/C19H25NO2/c1-14(2)21-18-11-9-17(10-12-18)20-13-16(4)22-19-8-6-5-7-15(19)3/h5-12,14,16,20H,13H2,1-4H3. The lowest BCUT2D eigenvalue weighted by molar-refractivity contribution is 0.233. The summed E-state index contributed by atoms with van der Waals surface area (Å²) in [5, 5.41) is 3.38. The third-order valence-electron chi connectivity index (χ3n) is 3.24. The summed E-state index contributed by atoms with van der Waals surface area (Å²) in [6.07, 6.45) is 0.286. The Morgan fingerprint density at radius 2 is 1.59 bits per heavy atom. The van der Waals surface area contributed by atoms with Crippen LogP contribution < -0.4 is 14.8 Å². The number of para-hydroxylation sites is 1. The van der Waals surface area contributed by atoms with Gasteiger partial charge in [-0.15, -0.1) is 0 Å². The van der Waals surface area contributed by atoms with Crippen LogP contribution in [0.25, 0.3) is 0 Å². The Kier molecular flexibility index (Phi) is 5.70. The minimum Gasteiger partial charge on any atom is -0.491 e. The molecule has 1 N–H and O–H groups in total. The molecule has 118 valence electrons. The van der Waals surface area contributed by atoms with E-state index in [1.807, 2.05) is 56.3 Å². The molecule has 0 bridgehead atoms. The van der Waals surface area contributed by atoms with E-state index in [-0.39, 0.29) is 12.2 Å². The van der Waals surface area contributed by atoms with E-state index in [2.05, 4.69) is 25.2 Å². The van der Waals surface area contributed by atoms with Crippen molar-refractivity contribution in [1.29, 1.82) is 0 Å².